The minimum Gasteiger partial charge on any atom is -0.489 e. The van der Waals surface area contributed by atoms with Gasteiger partial charge in [0, 0.05) is 6.42 Å². The van der Waals surface area contributed by atoms with Crippen molar-refractivity contribution in [1.82, 2.24) is 0 Å². The molecule has 0 heterocycles. The predicted octanol–water partition coefficient (Wildman–Crippen LogP) is 7.15. The van der Waals surface area contributed by atoms with Crippen molar-refractivity contribution >= 4 is 5.97 Å². The van der Waals surface area contributed by atoms with Crippen LogP contribution in [0.1, 0.15) is 43.9 Å². The number of halogens is 3. The zero-order chi connectivity index (χ0) is 24.9. The molecule has 34 heavy (non-hydrogen) atoms. The smallest absolute Gasteiger partial charge is 0.489 e. The summed E-state index contributed by atoms with van der Waals surface area (Å²) in [6, 6.07) is 19.0. The predicted molar refractivity (Wildman–Crippen MR) is 124 cm³/mol. The third kappa shape index (κ3) is 7.27. The molecule has 0 amide bonds. The van der Waals surface area contributed by atoms with E-state index in [0.29, 0.717) is 29.0 Å². The quantitative estimate of drug-likeness (QED) is 0.378. The zero-order valence-corrected chi connectivity index (χ0v) is 19.3. The molecule has 0 aromatic heterocycles. The fourth-order valence-corrected chi connectivity index (χ4v) is 3.47. The molecule has 0 unspecified atom stereocenters. The van der Waals surface area contributed by atoms with E-state index in [1.807, 2.05) is 12.1 Å². The Hall–Kier alpha value is -3.48. The number of ether oxygens (including phenoxy) is 2. The lowest BCUT2D eigenvalue weighted by Gasteiger charge is -2.19. The highest BCUT2D eigenvalue weighted by molar-refractivity contribution is 5.69. The topological polar surface area (TPSA) is 55.8 Å². The van der Waals surface area contributed by atoms with Gasteiger partial charge in [0.25, 0.3) is 0 Å². The molecular weight excluding hydrogens is 445 g/mol. The molecule has 180 valence electrons. The van der Waals surface area contributed by atoms with Gasteiger partial charge in [-0.05, 0) is 63.9 Å². The fourth-order valence-electron chi connectivity index (χ4n) is 3.47. The molecule has 3 aromatic carbocycles. The average Bonchev–Trinajstić information content (AvgIpc) is 2.75. The second-order valence-corrected chi connectivity index (χ2v) is 9.03. The van der Waals surface area contributed by atoms with Crippen molar-refractivity contribution in [3.05, 3.63) is 83.4 Å². The number of carbonyl (C=O) groups is 1. The van der Waals surface area contributed by atoms with Gasteiger partial charge in [0.2, 0.25) is 0 Å². The third-order valence-corrected chi connectivity index (χ3v) is 5.28. The van der Waals surface area contributed by atoms with Crippen molar-refractivity contribution in [3.63, 3.8) is 0 Å². The molecule has 0 saturated heterocycles. The number of rotatable bonds is 8. The van der Waals surface area contributed by atoms with Crippen LogP contribution in [0.25, 0.3) is 11.1 Å². The molecule has 0 aliphatic heterocycles. The molecule has 0 radical (unpaired) electrons. The van der Waals surface area contributed by atoms with Gasteiger partial charge in [-0.2, -0.15) is 0 Å². The van der Waals surface area contributed by atoms with E-state index in [0.717, 1.165) is 5.56 Å². The van der Waals surface area contributed by atoms with Gasteiger partial charge in [-0.15, -0.1) is 13.2 Å². The lowest BCUT2D eigenvalue weighted by molar-refractivity contribution is -0.274. The number of carboxylic acids is 1. The second-order valence-electron chi connectivity index (χ2n) is 9.03. The van der Waals surface area contributed by atoms with Crippen molar-refractivity contribution < 1.29 is 32.5 Å². The van der Waals surface area contributed by atoms with E-state index in [4.69, 9.17) is 9.84 Å². The van der Waals surface area contributed by atoms with Gasteiger partial charge < -0.3 is 14.6 Å². The molecule has 0 bridgehead atoms. The van der Waals surface area contributed by atoms with E-state index in [1.54, 1.807) is 24.3 Å². The zero-order valence-electron chi connectivity index (χ0n) is 19.3. The number of carboxylic acid groups (broad SMARTS) is 1. The van der Waals surface area contributed by atoms with Gasteiger partial charge in [-0.1, -0.05) is 63.2 Å². The molecular formula is C27H27F3O4. The Balaban J connectivity index is 1.83. The first-order chi connectivity index (χ1) is 15.9. The van der Waals surface area contributed by atoms with Crippen LogP contribution in [-0.4, -0.2) is 17.4 Å². The monoisotopic (exact) mass is 472 g/mol. The highest BCUT2D eigenvalue weighted by Crippen LogP contribution is 2.32. The van der Waals surface area contributed by atoms with Crippen LogP contribution < -0.4 is 9.47 Å². The van der Waals surface area contributed by atoms with Crippen LogP contribution in [0.5, 0.6) is 11.5 Å². The normalized spacial score (nSPS) is 11.8. The third-order valence-electron chi connectivity index (χ3n) is 5.28. The van der Waals surface area contributed by atoms with Crippen LogP contribution in [0.4, 0.5) is 13.2 Å². The number of hydrogen-bond acceptors (Lipinski definition) is 3. The standard InChI is InChI=1S/C27H27F3O4/c1-26(2,3)22-11-7-18(8-12-22)17-33-24-13-9-20(15-21(24)10-14-25(31)32)19-5-4-6-23(16-19)34-27(28,29)30/h4-9,11-13,15-16H,10,14,17H2,1-3H3,(H,31,32). The van der Waals surface area contributed by atoms with Crippen molar-refractivity contribution in [2.24, 2.45) is 0 Å². The van der Waals surface area contributed by atoms with E-state index in [1.165, 1.54) is 23.8 Å². The van der Waals surface area contributed by atoms with E-state index in [-0.39, 0.29) is 24.0 Å². The summed E-state index contributed by atoms with van der Waals surface area (Å²) in [6.07, 6.45) is -4.66. The highest BCUT2D eigenvalue weighted by Gasteiger charge is 2.31. The van der Waals surface area contributed by atoms with Crippen molar-refractivity contribution in [2.45, 2.75) is 52.0 Å². The second kappa shape index (κ2) is 10.2. The van der Waals surface area contributed by atoms with Crippen molar-refractivity contribution in [3.8, 4) is 22.6 Å². The molecule has 0 saturated carbocycles. The fraction of sp³-hybridized carbons (Fsp3) is 0.296. The Bertz CT molecular complexity index is 1130. The number of hydrogen-bond donors (Lipinski definition) is 1. The summed E-state index contributed by atoms with van der Waals surface area (Å²) in [6.45, 7) is 6.72. The van der Waals surface area contributed by atoms with Gasteiger partial charge >= 0.3 is 12.3 Å². The molecule has 0 aliphatic carbocycles. The maximum Gasteiger partial charge on any atom is 0.573 e. The van der Waals surface area contributed by atoms with E-state index in [2.05, 4.69) is 37.6 Å². The van der Waals surface area contributed by atoms with Crippen LogP contribution in [0, 0.1) is 0 Å². The summed E-state index contributed by atoms with van der Waals surface area (Å²) in [5.74, 6) is -0.738. The van der Waals surface area contributed by atoms with E-state index in [9.17, 15) is 18.0 Å². The highest BCUT2D eigenvalue weighted by atomic mass is 19.4. The summed E-state index contributed by atoms with van der Waals surface area (Å²) in [7, 11) is 0. The van der Waals surface area contributed by atoms with Crippen LogP contribution in [0.3, 0.4) is 0 Å². The molecule has 3 aromatic rings. The molecule has 4 nitrogen and oxygen atoms in total. The molecule has 0 spiro atoms. The Morgan fingerprint density at radius 1 is 0.912 bits per heavy atom. The molecule has 3 rings (SSSR count). The van der Waals surface area contributed by atoms with Crippen LogP contribution >= 0.6 is 0 Å². The number of aryl methyl sites for hydroxylation is 1. The number of aliphatic carboxylic acids is 1. The lowest BCUT2D eigenvalue weighted by Crippen LogP contribution is -2.17. The molecule has 0 aliphatic rings. The molecule has 0 fully saturated rings. The summed E-state index contributed by atoms with van der Waals surface area (Å²) >= 11 is 0. The van der Waals surface area contributed by atoms with Crippen molar-refractivity contribution in [1.29, 1.82) is 0 Å². The summed E-state index contributed by atoms with van der Waals surface area (Å²) < 4.78 is 47.7. The number of benzene rings is 3. The Kier molecular flexibility index (Phi) is 7.54. The summed E-state index contributed by atoms with van der Waals surface area (Å²) in [4.78, 5) is 11.1. The minimum atomic E-state index is -4.78. The van der Waals surface area contributed by atoms with E-state index < -0.39 is 12.3 Å². The lowest BCUT2D eigenvalue weighted by atomic mass is 9.87. The van der Waals surface area contributed by atoms with Crippen LogP contribution in [0.2, 0.25) is 0 Å². The SMILES string of the molecule is CC(C)(C)c1ccc(COc2ccc(-c3cccc(OC(F)(F)F)c3)cc2CCC(=O)O)cc1. The van der Waals surface area contributed by atoms with E-state index >= 15 is 0 Å². The molecule has 0 atom stereocenters. The minimum absolute atomic E-state index is 0.0433. The molecule has 7 heteroatoms. The summed E-state index contributed by atoms with van der Waals surface area (Å²) in [5, 5.41) is 9.13. The molecule has 1 N–H and O–H groups in total. The first-order valence-corrected chi connectivity index (χ1v) is 10.8. The number of alkyl halides is 3. The van der Waals surface area contributed by atoms with Gasteiger partial charge in [0.05, 0.1) is 0 Å². The largest absolute Gasteiger partial charge is 0.573 e. The first kappa shape index (κ1) is 25.1. The Labute approximate surface area is 197 Å². The Morgan fingerprint density at radius 3 is 2.21 bits per heavy atom. The first-order valence-electron chi connectivity index (χ1n) is 10.8. The maximum absolute atomic E-state index is 12.6. The maximum atomic E-state index is 12.6. The summed E-state index contributed by atoms with van der Waals surface area (Å²) in [5.41, 5.74) is 4.03. The van der Waals surface area contributed by atoms with Crippen LogP contribution in [0.15, 0.2) is 66.7 Å². The van der Waals surface area contributed by atoms with Gasteiger partial charge in [0.1, 0.15) is 18.1 Å². The van der Waals surface area contributed by atoms with Gasteiger partial charge in [0.15, 0.2) is 0 Å². The van der Waals surface area contributed by atoms with Crippen molar-refractivity contribution in [2.75, 3.05) is 0 Å². The van der Waals surface area contributed by atoms with Crippen LogP contribution in [-0.2, 0) is 23.2 Å². The average molecular weight is 473 g/mol. The van der Waals surface area contributed by atoms with Gasteiger partial charge in [-0.25, -0.2) is 0 Å². The Morgan fingerprint density at radius 2 is 1.59 bits per heavy atom. The van der Waals surface area contributed by atoms with Gasteiger partial charge in [-0.3, -0.25) is 4.79 Å².